The van der Waals surface area contributed by atoms with Crippen LogP contribution in [0.25, 0.3) is 0 Å². The van der Waals surface area contributed by atoms with Crippen molar-refractivity contribution in [2.45, 2.75) is 25.3 Å². The summed E-state index contributed by atoms with van der Waals surface area (Å²) in [7, 11) is -3.87. The van der Waals surface area contributed by atoms with Crippen molar-refractivity contribution in [2.75, 3.05) is 5.32 Å². The summed E-state index contributed by atoms with van der Waals surface area (Å²) in [4.78, 5) is 12.6. The van der Waals surface area contributed by atoms with Gasteiger partial charge in [-0.25, -0.2) is 13.6 Å². The van der Waals surface area contributed by atoms with Gasteiger partial charge in [0.25, 0.3) is 5.91 Å². The summed E-state index contributed by atoms with van der Waals surface area (Å²) < 4.78 is 29.0. The number of hydrogen-bond donors (Lipinski definition) is 2. The van der Waals surface area contributed by atoms with E-state index in [0.29, 0.717) is 17.9 Å². The van der Waals surface area contributed by atoms with Crippen molar-refractivity contribution >= 4 is 21.6 Å². The number of hydrogen-bond acceptors (Lipinski definition) is 4. The molecule has 1 amide bonds. The van der Waals surface area contributed by atoms with E-state index in [2.05, 4.69) is 5.32 Å². The third-order valence-corrected chi connectivity index (χ3v) is 5.48. The van der Waals surface area contributed by atoms with Gasteiger partial charge in [-0.2, -0.15) is 0 Å². The van der Waals surface area contributed by atoms with Gasteiger partial charge in [0.15, 0.2) is 0 Å². The first kappa shape index (κ1) is 20.6. The predicted octanol–water partition coefficient (Wildman–Crippen LogP) is 3.78. The highest BCUT2D eigenvalue weighted by atomic mass is 32.2. The van der Waals surface area contributed by atoms with Gasteiger partial charge in [-0.15, -0.1) is 0 Å². The number of aryl methyl sites for hydroxylation is 1. The Hall–Kier alpha value is -3.16. The Morgan fingerprint density at radius 1 is 1.00 bits per heavy atom. The van der Waals surface area contributed by atoms with Gasteiger partial charge in [0.05, 0.1) is 4.90 Å². The molecular formula is C22H22N2O4S. The average molecular weight is 410 g/mol. The summed E-state index contributed by atoms with van der Waals surface area (Å²) in [6.07, 6.45) is 0. The number of primary sulfonamides is 1. The molecule has 3 aromatic rings. The largest absolute Gasteiger partial charge is 0.489 e. The van der Waals surface area contributed by atoms with Gasteiger partial charge in [0.2, 0.25) is 10.0 Å². The van der Waals surface area contributed by atoms with E-state index in [1.165, 1.54) is 12.1 Å². The third-order valence-electron chi connectivity index (χ3n) is 4.58. The third kappa shape index (κ3) is 5.22. The predicted molar refractivity (Wildman–Crippen MR) is 112 cm³/mol. The van der Waals surface area contributed by atoms with Crippen molar-refractivity contribution in [3.05, 3.63) is 89.0 Å². The van der Waals surface area contributed by atoms with Gasteiger partial charge in [-0.3, -0.25) is 4.79 Å². The van der Waals surface area contributed by atoms with E-state index >= 15 is 0 Å². The van der Waals surface area contributed by atoms with E-state index in [0.717, 1.165) is 22.4 Å². The minimum Gasteiger partial charge on any atom is -0.489 e. The summed E-state index contributed by atoms with van der Waals surface area (Å²) in [6, 6.07) is 19.4. The number of anilines is 1. The van der Waals surface area contributed by atoms with Crippen LogP contribution in [0.5, 0.6) is 5.75 Å². The highest BCUT2D eigenvalue weighted by Crippen LogP contribution is 2.24. The smallest absolute Gasteiger partial charge is 0.255 e. The maximum atomic E-state index is 12.6. The lowest BCUT2D eigenvalue weighted by atomic mass is 10.1. The van der Waals surface area contributed by atoms with Crippen LogP contribution in [0.2, 0.25) is 0 Å². The SMILES string of the molecule is Cc1cc(S(N)(=O)=O)cc(NC(=O)c2ccc(COc3ccccc3)cc2)c1C. The number of carbonyl (C=O) groups excluding carboxylic acids is 1. The lowest BCUT2D eigenvalue weighted by Gasteiger charge is -2.13. The fraction of sp³-hybridized carbons (Fsp3) is 0.136. The molecule has 0 spiro atoms. The molecule has 0 aliphatic carbocycles. The molecule has 3 aromatic carbocycles. The van der Waals surface area contributed by atoms with Crippen molar-refractivity contribution in [1.29, 1.82) is 0 Å². The molecule has 0 saturated carbocycles. The van der Waals surface area contributed by atoms with E-state index in [1.54, 1.807) is 19.1 Å². The highest BCUT2D eigenvalue weighted by molar-refractivity contribution is 7.89. The Balaban J connectivity index is 1.72. The first-order valence-corrected chi connectivity index (χ1v) is 10.5. The van der Waals surface area contributed by atoms with Crippen LogP contribution in [0.1, 0.15) is 27.0 Å². The summed E-state index contributed by atoms with van der Waals surface area (Å²) in [6.45, 7) is 3.96. The second-order valence-corrected chi connectivity index (χ2v) is 8.27. The van der Waals surface area contributed by atoms with Crippen molar-refractivity contribution in [3.8, 4) is 5.75 Å². The first-order valence-electron chi connectivity index (χ1n) is 8.96. The van der Waals surface area contributed by atoms with Crippen LogP contribution in [0.4, 0.5) is 5.69 Å². The van der Waals surface area contributed by atoms with Gasteiger partial charge in [-0.1, -0.05) is 30.3 Å². The maximum absolute atomic E-state index is 12.6. The monoisotopic (exact) mass is 410 g/mol. The van der Waals surface area contributed by atoms with Crippen molar-refractivity contribution in [1.82, 2.24) is 0 Å². The van der Waals surface area contributed by atoms with Crippen LogP contribution < -0.4 is 15.2 Å². The zero-order valence-corrected chi connectivity index (χ0v) is 17.0. The number of rotatable bonds is 6. The Morgan fingerprint density at radius 3 is 2.28 bits per heavy atom. The fourth-order valence-electron chi connectivity index (χ4n) is 2.75. The molecule has 0 aliphatic heterocycles. The fourth-order valence-corrected chi connectivity index (χ4v) is 3.37. The number of carbonyl (C=O) groups is 1. The van der Waals surface area contributed by atoms with E-state index in [4.69, 9.17) is 9.88 Å². The number of nitrogens with two attached hydrogens (primary N) is 1. The molecule has 3 rings (SSSR count). The lowest BCUT2D eigenvalue weighted by Crippen LogP contribution is -2.16. The van der Waals surface area contributed by atoms with Crippen LogP contribution in [0, 0.1) is 13.8 Å². The molecular weight excluding hydrogens is 388 g/mol. The van der Waals surface area contributed by atoms with Crippen molar-refractivity contribution < 1.29 is 17.9 Å². The summed E-state index contributed by atoms with van der Waals surface area (Å²) in [5.41, 5.74) is 3.29. The molecule has 0 atom stereocenters. The molecule has 7 heteroatoms. The molecule has 0 unspecified atom stereocenters. The van der Waals surface area contributed by atoms with E-state index in [1.807, 2.05) is 49.4 Å². The van der Waals surface area contributed by atoms with Gasteiger partial charge < -0.3 is 10.1 Å². The molecule has 0 saturated heterocycles. The zero-order chi connectivity index (χ0) is 21.0. The minimum atomic E-state index is -3.87. The molecule has 0 bridgehead atoms. The molecule has 0 heterocycles. The van der Waals surface area contributed by atoms with Crippen molar-refractivity contribution in [2.24, 2.45) is 5.14 Å². The van der Waals surface area contributed by atoms with Crippen molar-refractivity contribution in [3.63, 3.8) is 0 Å². The second-order valence-electron chi connectivity index (χ2n) is 6.71. The topological polar surface area (TPSA) is 98.5 Å². The first-order chi connectivity index (χ1) is 13.7. The van der Waals surface area contributed by atoms with Gasteiger partial charge in [-0.05, 0) is 66.9 Å². The van der Waals surface area contributed by atoms with Gasteiger partial charge in [0.1, 0.15) is 12.4 Å². The van der Waals surface area contributed by atoms with E-state index < -0.39 is 10.0 Å². The second kappa shape index (κ2) is 8.46. The van der Waals surface area contributed by atoms with Crippen LogP contribution in [-0.2, 0) is 16.6 Å². The van der Waals surface area contributed by atoms with E-state index in [-0.39, 0.29) is 10.8 Å². The molecule has 6 nitrogen and oxygen atoms in total. The Bertz CT molecular complexity index is 1130. The number of amides is 1. The maximum Gasteiger partial charge on any atom is 0.255 e. The minimum absolute atomic E-state index is 0.0377. The Labute approximate surface area is 170 Å². The van der Waals surface area contributed by atoms with E-state index in [9.17, 15) is 13.2 Å². The van der Waals surface area contributed by atoms with Crippen LogP contribution in [-0.4, -0.2) is 14.3 Å². The zero-order valence-electron chi connectivity index (χ0n) is 16.2. The average Bonchev–Trinajstić information content (AvgIpc) is 2.70. The number of benzene rings is 3. The Kier molecular flexibility index (Phi) is 6.00. The summed E-state index contributed by atoms with van der Waals surface area (Å²) in [5.74, 6) is 0.435. The highest BCUT2D eigenvalue weighted by Gasteiger charge is 2.15. The molecule has 0 radical (unpaired) electrons. The summed E-state index contributed by atoms with van der Waals surface area (Å²) in [5, 5.41) is 7.99. The number of sulfonamides is 1. The van der Waals surface area contributed by atoms with Crippen LogP contribution in [0.15, 0.2) is 71.6 Å². The van der Waals surface area contributed by atoms with Crippen LogP contribution >= 0.6 is 0 Å². The molecule has 150 valence electrons. The number of ether oxygens (including phenoxy) is 1. The molecule has 29 heavy (non-hydrogen) atoms. The van der Waals surface area contributed by atoms with Crippen LogP contribution in [0.3, 0.4) is 0 Å². The van der Waals surface area contributed by atoms with Gasteiger partial charge >= 0.3 is 0 Å². The normalized spacial score (nSPS) is 11.1. The molecule has 0 aliphatic rings. The molecule has 3 N–H and O–H groups in total. The summed E-state index contributed by atoms with van der Waals surface area (Å²) >= 11 is 0. The lowest BCUT2D eigenvalue weighted by molar-refractivity contribution is 0.102. The Morgan fingerprint density at radius 2 is 1.66 bits per heavy atom. The van der Waals surface area contributed by atoms with Gasteiger partial charge in [0, 0.05) is 11.3 Å². The standard InChI is InChI=1S/C22H22N2O4S/c1-15-12-20(29(23,26)27)13-21(16(15)2)24-22(25)18-10-8-17(9-11-18)14-28-19-6-4-3-5-7-19/h3-13H,14H2,1-2H3,(H,24,25)(H2,23,26,27). The quantitative estimate of drug-likeness (QED) is 0.646. The molecule has 0 aromatic heterocycles. The number of nitrogens with one attached hydrogen (secondary N) is 1. The molecule has 0 fully saturated rings. The number of para-hydroxylation sites is 1.